The highest BCUT2D eigenvalue weighted by Gasteiger charge is 2.42. The van der Waals surface area contributed by atoms with Crippen molar-refractivity contribution in [1.82, 2.24) is 40.4 Å². The third-order valence-electron chi connectivity index (χ3n) is 13.6. The summed E-state index contributed by atoms with van der Waals surface area (Å²) in [6.07, 6.45) is 4.94. The molecule has 70 heavy (non-hydrogen) atoms. The van der Waals surface area contributed by atoms with Gasteiger partial charge in [-0.05, 0) is 83.8 Å². The van der Waals surface area contributed by atoms with E-state index in [1.165, 1.54) is 19.8 Å². The van der Waals surface area contributed by atoms with Gasteiger partial charge in [0.15, 0.2) is 0 Å². The predicted molar refractivity (Wildman–Crippen MR) is 271 cm³/mol. The Labute approximate surface area is 406 Å². The minimum atomic E-state index is -0.954. The van der Waals surface area contributed by atoms with Gasteiger partial charge in [0.2, 0.25) is 11.8 Å². The predicted octanol–water partition coefficient (Wildman–Crippen LogP) is 9.67. The first-order valence-corrected chi connectivity index (χ1v) is 23.9. The van der Waals surface area contributed by atoms with Crippen LogP contribution in [0.1, 0.15) is 69.3 Å². The van der Waals surface area contributed by atoms with Gasteiger partial charge < -0.3 is 44.6 Å². The molecule has 1 aliphatic heterocycles. The molecule has 0 spiro atoms. The number of carbonyl (C=O) groups is 4. The zero-order valence-corrected chi connectivity index (χ0v) is 40.3. The van der Waals surface area contributed by atoms with Gasteiger partial charge in [-0.1, -0.05) is 98.3 Å². The van der Waals surface area contributed by atoms with E-state index in [2.05, 4.69) is 88.7 Å². The van der Waals surface area contributed by atoms with E-state index in [1.807, 2.05) is 49.1 Å². The van der Waals surface area contributed by atoms with E-state index >= 15 is 0 Å². The molecule has 7 aromatic rings. The standard InChI is InChI=1S/C55H60N8O7/c1-7-8-22-62(52(64)48(61-55(67)69-6)36-12-10-9-11-13-36)29-46-56-43-20-16-39-26-37(14-18-41(39)49(43)58-46)38-15-19-42-40(27-38)17-21-44-50(42)59-51(57-44)45-25-35(31-70-30-34-23-33(4)24-34)28-63(45)53(65)47(32(2)3)60-54(66)68-5/h7,9-21,23,26-27,32,34-35,45,47-48H,1,8,22,24-25,28-31H2,2-6H3,(H,56,58)(H,57,59)(H,60,66)(H,61,67)/t34?,35-,45-,47-,48+/m0/s1. The topological polar surface area (TPSA) is 184 Å². The van der Waals surface area contributed by atoms with Crippen molar-refractivity contribution in [3.05, 3.63) is 133 Å². The van der Waals surface area contributed by atoms with Crippen molar-refractivity contribution in [2.45, 2.75) is 64.7 Å². The molecule has 1 fully saturated rings. The van der Waals surface area contributed by atoms with Crippen LogP contribution in [-0.2, 0) is 30.3 Å². The van der Waals surface area contributed by atoms with Crippen LogP contribution in [0, 0.1) is 17.8 Å². The maximum atomic E-state index is 14.3. The van der Waals surface area contributed by atoms with E-state index in [0.717, 1.165) is 61.2 Å². The number of benzene rings is 5. The van der Waals surface area contributed by atoms with Gasteiger partial charge in [0, 0.05) is 35.7 Å². The van der Waals surface area contributed by atoms with Gasteiger partial charge >= 0.3 is 12.2 Å². The maximum absolute atomic E-state index is 14.3. The number of aromatic amines is 2. The fraction of sp³-hybridized carbons (Fsp3) is 0.345. The average Bonchev–Trinajstić information content (AvgIpc) is 4.12. The number of nitrogens with zero attached hydrogens (tertiary/aromatic N) is 4. The fourth-order valence-electron chi connectivity index (χ4n) is 9.97. The SMILES string of the molecule is C=CCCN(Cc1nc2ccc3cc(-c4ccc5c(ccc6nc([C@@H]7C[C@H](COCC8C=C(C)C8)CN7C(=O)[C@@H](NC(=O)OC)C(C)C)[nH]c65)c4)ccc3c2[nH]1)C(=O)[C@H](NC(=O)OC)c1ccccc1. The minimum absolute atomic E-state index is 0.0933. The second kappa shape index (κ2) is 20.6. The molecule has 4 amide bonds. The molecular formula is C55H60N8O7. The average molecular weight is 945 g/mol. The van der Waals surface area contributed by atoms with E-state index in [0.29, 0.717) is 62.3 Å². The number of allylic oxidation sites excluding steroid dienone is 1. The van der Waals surface area contributed by atoms with E-state index < -0.39 is 24.3 Å². The lowest BCUT2D eigenvalue weighted by Crippen LogP contribution is -2.51. The first kappa shape index (κ1) is 47.5. The number of aromatic nitrogens is 4. The lowest BCUT2D eigenvalue weighted by atomic mass is 9.88. The molecule has 2 aliphatic rings. The highest BCUT2D eigenvalue weighted by atomic mass is 16.5. The van der Waals surface area contributed by atoms with Crippen LogP contribution in [0.5, 0.6) is 0 Å². The number of amides is 4. The maximum Gasteiger partial charge on any atom is 0.407 e. The number of alkyl carbamates (subject to hydrolysis) is 2. The Kier molecular flexibility index (Phi) is 14.0. The summed E-state index contributed by atoms with van der Waals surface area (Å²) in [4.78, 5) is 73.8. The van der Waals surface area contributed by atoms with Crippen molar-refractivity contribution in [3.63, 3.8) is 0 Å². The van der Waals surface area contributed by atoms with Crippen LogP contribution in [-0.4, -0.2) is 100 Å². The monoisotopic (exact) mass is 944 g/mol. The summed E-state index contributed by atoms with van der Waals surface area (Å²) in [6.45, 7) is 12.1. The molecule has 9 rings (SSSR count). The molecule has 4 N–H and O–H groups in total. The molecule has 1 unspecified atom stereocenters. The van der Waals surface area contributed by atoms with Crippen molar-refractivity contribution < 1.29 is 33.4 Å². The van der Waals surface area contributed by atoms with Crippen LogP contribution in [0.3, 0.4) is 0 Å². The summed E-state index contributed by atoms with van der Waals surface area (Å²) < 4.78 is 16.0. The van der Waals surface area contributed by atoms with Crippen molar-refractivity contribution in [3.8, 4) is 11.1 Å². The van der Waals surface area contributed by atoms with Crippen LogP contribution in [0.4, 0.5) is 9.59 Å². The van der Waals surface area contributed by atoms with Gasteiger partial charge in [0.1, 0.15) is 23.7 Å². The third-order valence-corrected chi connectivity index (χ3v) is 13.6. The molecule has 3 heterocycles. The summed E-state index contributed by atoms with van der Waals surface area (Å²) in [5.74, 6) is 1.21. The molecule has 1 saturated heterocycles. The highest BCUT2D eigenvalue weighted by Crippen LogP contribution is 2.39. The van der Waals surface area contributed by atoms with Crippen LogP contribution in [0.25, 0.3) is 54.7 Å². The molecular weight excluding hydrogens is 885 g/mol. The molecule has 0 radical (unpaired) electrons. The molecule has 2 aromatic heterocycles. The Morgan fingerprint density at radius 1 is 0.843 bits per heavy atom. The largest absolute Gasteiger partial charge is 0.453 e. The molecule has 0 saturated carbocycles. The second-order valence-electron chi connectivity index (χ2n) is 18.9. The Morgan fingerprint density at radius 2 is 1.49 bits per heavy atom. The van der Waals surface area contributed by atoms with Gasteiger partial charge in [0.05, 0.1) is 62.1 Å². The molecule has 5 atom stereocenters. The Bertz CT molecular complexity index is 3120. The van der Waals surface area contributed by atoms with Gasteiger partial charge in [-0.3, -0.25) is 9.59 Å². The first-order valence-electron chi connectivity index (χ1n) is 23.9. The number of carbonyl (C=O) groups excluding carboxylic acids is 4. The Balaban J connectivity index is 0.963. The number of nitrogens with one attached hydrogen (secondary N) is 4. The molecule has 0 bridgehead atoms. The van der Waals surface area contributed by atoms with Crippen LogP contribution in [0.2, 0.25) is 0 Å². The summed E-state index contributed by atoms with van der Waals surface area (Å²) in [5.41, 5.74) is 7.45. The zero-order chi connectivity index (χ0) is 49.1. The number of rotatable bonds is 17. The summed E-state index contributed by atoms with van der Waals surface area (Å²) in [6, 6.07) is 28.0. The van der Waals surface area contributed by atoms with Crippen molar-refractivity contribution >= 4 is 67.6 Å². The summed E-state index contributed by atoms with van der Waals surface area (Å²) in [7, 11) is 2.57. The van der Waals surface area contributed by atoms with Crippen molar-refractivity contribution in [1.29, 1.82) is 0 Å². The lowest BCUT2D eigenvalue weighted by Gasteiger charge is -2.30. The molecule has 5 aromatic carbocycles. The molecule has 15 nitrogen and oxygen atoms in total. The van der Waals surface area contributed by atoms with Crippen molar-refractivity contribution in [2.24, 2.45) is 17.8 Å². The van der Waals surface area contributed by atoms with Crippen LogP contribution >= 0.6 is 0 Å². The molecule has 15 heteroatoms. The van der Waals surface area contributed by atoms with E-state index in [1.54, 1.807) is 23.1 Å². The minimum Gasteiger partial charge on any atom is -0.453 e. The normalized spacial score (nSPS) is 17.6. The first-order chi connectivity index (χ1) is 33.9. The third kappa shape index (κ3) is 9.97. The molecule has 1 aliphatic carbocycles. The lowest BCUT2D eigenvalue weighted by molar-refractivity contribution is -0.136. The second-order valence-corrected chi connectivity index (χ2v) is 18.9. The van der Waals surface area contributed by atoms with Gasteiger partial charge in [-0.25, -0.2) is 19.6 Å². The number of fused-ring (bicyclic) bond motifs is 6. The van der Waals surface area contributed by atoms with Crippen molar-refractivity contribution in [2.75, 3.05) is 40.5 Å². The number of likely N-dealkylation sites (tertiary alicyclic amines) is 1. The van der Waals surface area contributed by atoms with Gasteiger partial charge in [0.25, 0.3) is 0 Å². The summed E-state index contributed by atoms with van der Waals surface area (Å²) >= 11 is 0. The number of hydrogen-bond acceptors (Lipinski definition) is 9. The quantitative estimate of drug-likeness (QED) is 0.0646. The van der Waals surface area contributed by atoms with Crippen LogP contribution in [0.15, 0.2) is 115 Å². The highest BCUT2D eigenvalue weighted by molar-refractivity contribution is 6.07. The number of ether oxygens (including phenoxy) is 3. The zero-order valence-electron chi connectivity index (χ0n) is 40.3. The van der Waals surface area contributed by atoms with Gasteiger partial charge in [-0.2, -0.15) is 0 Å². The summed E-state index contributed by atoms with van der Waals surface area (Å²) in [5, 5.41) is 9.54. The number of hydrogen-bond donors (Lipinski definition) is 4. The van der Waals surface area contributed by atoms with E-state index in [9.17, 15) is 19.2 Å². The number of H-pyrrole nitrogens is 2. The van der Waals surface area contributed by atoms with Gasteiger partial charge in [-0.15, -0.1) is 6.58 Å². The number of methoxy groups -OCH3 is 2. The Hall–Kier alpha value is -7.52. The smallest absolute Gasteiger partial charge is 0.407 e. The van der Waals surface area contributed by atoms with Crippen LogP contribution < -0.4 is 10.6 Å². The molecule has 362 valence electrons. The van der Waals surface area contributed by atoms with E-state index in [4.69, 9.17) is 24.2 Å². The fourth-order valence-corrected chi connectivity index (χ4v) is 9.97. The Morgan fingerprint density at radius 3 is 2.11 bits per heavy atom. The van der Waals surface area contributed by atoms with E-state index in [-0.39, 0.29) is 36.2 Å². The number of imidazole rings is 2.